The molecule has 0 saturated heterocycles. The first-order valence-corrected chi connectivity index (χ1v) is 6.69. The van der Waals surface area contributed by atoms with Gasteiger partial charge in [-0.05, 0) is 43.4 Å². The molecular weight excluding hydrogens is 278 g/mol. The molecule has 2 rings (SSSR count). The van der Waals surface area contributed by atoms with Gasteiger partial charge in [-0.3, -0.25) is 4.79 Å². The summed E-state index contributed by atoms with van der Waals surface area (Å²) in [6.07, 6.45) is 5.92. The lowest BCUT2D eigenvalue weighted by atomic mass is 10.2. The second kappa shape index (κ2) is 5.50. The predicted molar refractivity (Wildman–Crippen MR) is 73.5 cm³/mol. The van der Waals surface area contributed by atoms with Crippen molar-refractivity contribution in [1.82, 2.24) is 5.32 Å². The number of nitrogens with one attached hydrogen (secondary N) is 1. The lowest BCUT2D eigenvalue weighted by Gasteiger charge is -2.10. The minimum atomic E-state index is -0.0137. The van der Waals surface area contributed by atoms with Gasteiger partial charge in [0.05, 0.1) is 0 Å². The molecule has 1 aliphatic rings. The molecule has 0 bridgehead atoms. The maximum Gasteiger partial charge on any atom is 0.244 e. The van der Waals surface area contributed by atoms with Crippen molar-refractivity contribution in [2.45, 2.75) is 25.8 Å². The number of hydrogen-bond donors (Lipinski definition) is 1. The average molecular weight is 294 g/mol. The Bertz CT molecular complexity index is 438. The van der Waals surface area contributed by atoms with E-state index in [4.69, 9.17) is 0 Å². The summed E-state index contributed by atoms with van der Waals surface area (Å²) in [7, 11) is 0. The van der Waals surface area contributed by atoms with Crippen LogP contribution in [0.1, 0.15) is 25.3 Å². The topological polar surface area (TPSA) is 29.1 Å². The molecule has 1 aromatic rings. The molecule has 1 saturated carbocycles. The van der Waals surface area contributed by atoms with Crippen LogP contribution in [0.2, 0.25) is 0 Å². The van der Waals surface area contributed by atoms with Gasteiger partial charge in [0, 0.05) is 16.6 Å². The zero-order valence-corrected chi connectivity index (χ0v) is 11.4. The van der Waals surface area contributed by atoms with E-state index in [2.05, 4.69) is 28.2 Å². The monoisotopic (exact) mass is 293 g/mol. The summed E-state index contributed by atoms with van der Waals surface area (Å²) < 4.78 is 0.999. The van der Waals surface area contributed by atoms with Gasteiger partial charge >= 0.3 is 0 Å². The summed E-state index contributed by atoms with van der Waals surface area (Å²) in [5, 5.41) is 2.99. The maximum atomic E-state index is 11.7. The van der Waals surface area contributed by atoms with E-state index in [0.717, 1.165) is 10.0 Å². The van der Waals surface area contributed by atoms with Crippen molar-refractivity contribution in [2.24, 2.45) is 5.92 Å². The lowest BCUT2D eigenvalue weighted by Crippen LogP contribution is -2.32. The van der Waals surface area contributed by atoms with Gasteiger partial charge in [-0.2, -0.15) is 0 Å². The highest BCUT2D eigenvalue weighted by Crippen LogP contribution is 2.32. The number of hydrogen-bond acceptors (Lipinski definition) is 1. The van der Waals surface area contributed by atoms with Gasteiger partial charge < -0.3 is 5.32 Å². The Kier molecular flexibility index (Phi) is 4.00. The molecule has 0 aromatic heterocycles. The molecule has 17 heavy (non-hydrogen) atoms. The third kappa shape index (κ3) is 3.70. The van der Waals surface area contributed by atoms with Crippen LogP contribution in [-0.4, -0.2) is 11.9 Å². The zero-order chi connectivity index (χ0) is 12.3. The highest BCUT2D eigenvalue weighted by atomic mass is 79.9. The first kappa shape index (κ1) is 12.4. The van der Waals surface area contributed by atoms with Crippen LogP contribution < -0.4 is 5.32 Å². The number of benzene rings is 1. The van der Waals surface area contributed by atoms with Crippen molar-refractivity contribution >= 4 is 27.9 Å². The van der Waals surface area contributed by atoms with Gasteiger partial charge in [-0.1, -0.05) is 34.1 Å². The third-order valence-corrected chi connectivity index (χ3v) is 3.74. The summed E-state index contributed by atoms with van der Waals surface area (Å²) in [6, 6.07) is 8.14. The molecule has 1 amide bonds. The zero-order valence-electron chi connectivity index (χ0n) is 9.82. The number of carbonyl (C=O) groups excluding carboxylic acids is 1. The Morgan fingerprint density at radius 3 is 2.82 bits per heavy atom. The van der Waals surface area contributed by atoms with E-state index in [1.165, 1.54) is 12.8 Å². The summed E-state index contributed by atoms with van der Waals surface area (Å²) >= 11 is 3.45. The van der Waals surface area contributed by atoms with Crippen molar-refractivity contribution in [2.75, 3.05) is 0 Å². The first-order chi connectivity index (χ1) is 8.16. The van der Waals surface area contributed by atoms with Crippen LogP contribution >= 0.6 is 15.9 Å². The van der Waals surface area contributed by atoms with E-state index in [-0.39, 0.29) is 5.91 Å². The SMILES string of the molecule is CC(NC(=O)/C=C/c1ccccc1Br)C1CC1. The van der Waals surface area contributed by atoms with E-state index < -0.39 is 0 Å². The van der Waals surface area contributed by atoms with Crippen LogP contribution in [0.15, 0.2) is 34.8 Å². The molecule has 3 heteroatoms. The molecule has 1 aromatic carbocycles. The minimum Gasteiger partial charge on any atom is -0.350 e. The molecule has 0 radical (unpaired) electrons. The van der Waals surface area contributed by atoms with Gasteiger partial charge in [-0.25, -0.2) is 0 Å². The molecule has 0 aliphatic heterocycles. The number of halogens is 1. The predicted octanol–water partition coefficient (Wildman–Crippen LogP) is 3.38. The normalized spacial score (nSPS) is 17.1. The Morgan fingerprint density at radius 1 is 1.47 bits per heavy atom. The number of amides is 1. The molecule has 0 heterocycles. The second-order valence-electron chi connectivity index (χ2n) is 4.49. The fourth-order valence-corrected chi connectivity index (χ4v) is 2.18. The fourth-order valence-electron chi connectivity index (χ4n) is 1.76. The van der Waals surface area contributed by atoms with Gasteiger partial charge in [0.15, 0.2) is 0 Å². The van der Waals surface area contributed by atoms with Crippen LogP contribution in [0.4, 0.5) is 0 Å². The summed E-state index contributed by atoms with van der Waals surface area (Å²) in [6.45, 7) is 2.07. The molecule has 1 atom stereocenters. The van der Waals surface area contributed by atoms with E-state index in [0.29, 0.717) is 12.0 Å². The smallest absolute Gasteiger partial charge is 0.244 e. The second-order valence-corrected chi connectivity index (χ2v) is 5.34. The molecule has 1 N–H and O–H groups in total. The molecule has 1 fully saturated rings. The maximum absolute atomic E-state index is 11.7. The molecule has 1 aliphatic carbocycles. The van der Waals surface area contributed by atoms with Crippen LogP contribution in [0.25, 0.3) is 6.08 Å². The Labute approximate surface area is 110 Å². The number of rotatable bonds is 4. The summed E-state index contributed by atoms with van der Waals surface area (Å²) in [4.78, 5) is 11.7. The highest BCUT2D eigenvalue weighted by Gasteiger charge is 2.28. The highest BCUT2D eigenvalue weighted by molar-refractivity contribution is 9.10. The Hall–Kier alpha value is -1.09. The Morgan fingerprint density at radius 2 is 2.18 bits per heavy atom. The van der Waals surface area contributed by atoms with Crippen LogP contribution in [0, 0.1) is 5.92 Å². The van der Waals surface area contributed by atoms with Crippen LogP contribution in [0.5, 0.6) is 0 Å². The van der Waals surface area contributed by atoms with E-state index in [1.807, 2.05) is 30.3 Å². The summed E-state index contributed by atoms with van der Waals surface area (Å²) in [5.41, 5.74) is 1.02. The molecule has 2 nitrogen and oxygen atoms in total. The molecule has 1 unspecified atom stereocenters. The van der Waals surface area contributed by atoms with Crippen molar-refractivity contribution in [3.05, 3.63) is 40.4 Å². The first-order valence-electron chi connectivity index (χ1n) is 5.90. The third-order valence-electron chi connectivity index (χ3n) is 3.02. The van der Waals surface area contributed by atoms with Crippen molar-refractivity contribution < 1.29 is 4.79 Å². The van der Waals surface area contributed by atoms with Crippen LogP contribution in [-0.2, 0) is 4.79 Å². The average Bonchev–Trinajstić information content (AvgIpc) is 3.11. The standard InChI is InChI=1S/C14H16BrNO/c1-10(11-6-7-11)16-14(17)9-8-12-4-2-3-5-13(12)15/h2-5,8-11H,6-7H2,1H3,(H,16,17)/b9-8+. The fraction of sp³-hybridized carbons (Fsp3) is 0.357. The van der Waals surface area contributed by atoms with Gasteiger partial charge in [-0.15, -0.1) is 0 Å². The lowest BCUT2D eigenvalue weighted by molar-refractivity contribution is -0.117. The largest absolute Gasteiger partial charge is 0.350 e. The van der Waals surface area contributed by atoms with Crippen molar-refractivity contribution in [3.63, 3.8) is 0 Å². The van der Waals surface area contributed by atoms with Gasteiger partial charge in [0.2, 0.25) is 5.91 Å². The summed E-state index contributed by atoms with van der Waals surface area (Å²) in [5.74, 6) is 0.677. The molecule has 0 spiro atoms. The van der Waals surface area contributed by atoms with E-state index in [1.54, 1.807) is 6.08 Å². The van der Waals surface area contributed by atoms with E-state index >= 15 is 0 Å². The van der Waals surface area contributed by atoms with Gasteiger partial charge in [0.25, 0.3) is 0 Å². The molecular formula is C14H16BrNO. The van der Waals surface area contributed by atoms with E-state index in [9.17, 15) is 4.79 Å². The van der Waals surface area contributed by atoms with Crippen molar-refractivity contribution in [1.29, 1.82) is 0 Å². The minimum absolute atomic E-state index is 0.0137. The Balaban J connectivity index is 1.91. The van der Waals surface area contributed by atoms with Crippen LogP contribution in [0.3, 0.4) is 0 Å². The van der Waals surface area contributed by atoms with Crippen molar-refractivity contribution in [3.8, 4) is 0 Å². The number of carbonyl (C=O) groups is 1. The molecule has 90 valence electrons. The quantitative estimate of drug-likeness (QED) is 0.847. The van der Waals surface area contributed by atoms with Gasteiger partial charge in [0.1, 0.15) is 0 Å².